The molecule has 2 N–H and O–H groups in total. The average molecular weight is 658 g/mol. The van der Waals surface area contributed by atoms with Gasteiger partial charge in [-0.15, -0.1) is 0 Å². The standard InChI is InChI=1S/C33H35ClF3N5O4/c1-21-17-38-27(18-46-21)23-7-9-24(10-8-23)42-28(34)15-25-30(42)39-20-41(31(25)44)19-32(45)11-13-40(14-12-32)29(43)16-26(33(35,36)37)22-5-3-2-4-6-22/h2-10,15,20-21,26-27,38,45H,11-14,16-19H2,1H3/t21-,26-,27-/m1/s1. The number of piperidine rings is 1. The number of aromatic nitrogens is 3. The van der Waals surface area contributed by atoms with E-state index in [1.54, 1.807) is 16.7 Å². The molecule has 0 bridgehead atoms. The molecule has 1 amide bonds. The van der Waals surface area contributed by atoms with E-state index in [-0.39, 0.29) is 61.1 Å². The summed E-state index contributed by atoms with van der Waals surface area (Å²) >= 11 is 6.58. The number of carbonyl (C=O) groups excluding carboxylic acids is 1. The zero-order chi connectivity index (χ0) is 32.6. The zero-order valence-electron chi connectivity index (χ0n) is 25.2. The second-order valence-electron chi connectivity index (χ2n) is 12.2. The van der Waals surface area contributed by atoms with Crippen molar-refractivity contribution in [3.63, 3.8) is 0 Å². The molecule has 2 aromatic heterocycles. The maximum Gasteiger partial charge on any atom is 0.396 e. The van der Waals surface area contributed by atoms with Crippen LogP contribution in [0.15, 0.2) is 71.8 Å². The molecule has 0 saturated carbocycles. The molecule has 4 heterocycles. The molecule has 3 atom stereocenters. The maximum atomic E-state index is 13.8. The van der Waals surface area contributed by atoms with Gasteiger partial charge in [-0.05, 0) is 49.1 Å². The first kappa shape index (κ1) is 32.2. The number of likely N-dealkylation sites (tertiary alicyclic amines) is 1. The topological polar surface area (TPSA) is 102 Å². The highest BCUT2D eigenvalue weighted by Crippen LogP contribution is 2.38. The van der Waals surface area contributed by atoms with E-state index < -0.39 is 30.0 Å². The van der Waals surface area contributed by atoms with E-state index in [0.717, 1.165) is 17.8 Å². The lowest BCUT2D eigenvalue weighted by atomic mass is 9.89. The Bertz CT molecular complexity index is 1740. The molecule has 2 aromatic carbocycles. The monoisotopic (exact) mass is 657 g/mol. The third-order valence-corrected chi connectivity index (χ3v) is 9.26. The largest absolute Gasteiger partial charge is 0.396 e. The quantitative estimate of drug-likeness (QED) is 0.291. The summed E-state index contributed by atoms with van der Waals surface area (Å²) in [5.41, 5.74) is 0.465. The number of alkyl halides is 3. The fourth-order valence-electron chi connectivity index (χ4n) is 6.26. The molecule has 13 heteroatoms. The molecule has 0 spiro atoms. The first-order valence-corrected chi connectivity index (χ1v) is 15.6. The van der Waals surface area contributed by atoms with E-state index in [0.29, 0.717) is 17.4 Å². The van der Waals surface area contributed by atoms with Crippen LogP contribution in [0.4, 0.5) is 13.2 Å². The number of rotatable bonds is 7. The van der Waals surface area contributed by atoms with Gasteiger partial charge in [0.1, 0.15) is 11.5 Å². The zero-order valence-corrected chi connectivity index (χ0v) is 26.0. The molecule has 2 aliphatic rings. The summed E-state index contributed by atoms with van der Waals surface area (Å²) < 4.78 is 50.2. The summed E-state index contributed by atoms with van der Waals surface area (Å²) in [7, 11) is 0. The lowest BCUT2D eigenvalue weighted by molar-refractivity contribution is -0.162. The number of amides is 1. The molecule has 6 rings (SSSR count). The molecule has 244 valence electrons. The van der Waals surface area contributed by atoms with Crippen LogP contribution < -0.4 is 10.9 Å². The van der Waals surface area contributed by atoms with Crippen LogP contribution >= 0.6 is 11.6 Å². The number of aliphatic hydroxyl groups is 1. The van der Waals surface area contributed by atoms with Crippen LogP contribution in [-0.4, -0.2) is 74.2 Å². The third-order valence-electron chi connectivity index (χ3n) is 8.98. The molecule has 0 radical (unpaired) electrons. The number of nitrogens with one attached hydrogen (secondary N) is 1. The molecule has 9 nitrogen and oxygen atoms in total. The Hall–Kier alpha value is -3.71. The van der Waals surface area contributed by atoms with Gasteiger partial charge in [0.25, 0.3) is 5.56 Å². The summed E-state index contributed by atoms with van der Waals surface area (Å²) in [4.78, 5) is 32.3. The molecule has 2 fully saturated rings. The molecule has 4 aromatic rings. The number of morpholine rings is 1. The Morgan fingerprint density at radius 1 is 1.15 bits per heavy atom. The second kappa shape index (κ2) is 12.8. The predicted octanol–water partition coefficient (Wildman–Crippen LogP) is 4.98. The average Bonchev–Trinajstić information content (AvgIpc) is 3.38. The van der Waals surface area contributed by atoms with Gasteiger partial charge in [0.2, 0.25) is 5.91 Å². The summed E-state index contributed by atoms with van der Waals surface area (Å²) in [5.74, 6) is -2.54. The Balaban J connectivity index is 1.13. The van der Waals surface area contributed by atoms with Crippen LogP contribution in [0.3, 0.4) is 0 Å². The molecule has 46 heavy (non-hydrogen) atoms. The molecule has 0 unspecified atom stereocenters. The predicted molar refractivity (Wildman–Crippen MR) is 167 cm³/mol. The van der Waals surface area contributed by atoms with Crippen molar-refractivity contribution < 1.29 is 27.8 Å². The van der Waals surface area contributed by atoms with Crippen molar-refractivity contribution in [3.05, 3.63) is 93.6 Å². The number of fused-ring (bicyclic) bond motifs is 1. The lowest BCUT2D eigenvalue weighted by Gasteiger charge is -2.39. The van der Waals surface area contributed by atoms with Gasteiger partial charge in [0, 0.05) is 31.7 Å². The number of halogens is 4. The van der Waals surface area contributed by atoms with E-state index in [2.05, 4.69) is 10.3 Å². The number of hydrogen-bond acceptors (Lipinski definition) is 6. The summed E-state index contributed by atoms with van der Waals surface area (Å²) in [6.07, 6.45) is -3.57. The summed E-state index contributed by atoms with van der Waals surface area (Å²) in [5, 5.41) is 15.4. The number of ether oxygens (including phenoxy) is 1. The highest BCUT2D eigenvalue weighted by Gasteiger charge is 2.43. The van der Waals surface area contributed by atoms with Gasteiger partial charge in [0.05, 0.1) is 42.2 Å². The summed E-state index contributed by atoms with van der Waals surface area (Å²) in [6.45, 7) is 3.41. The Morgan fingerprint density at radius 2 is 1.85 bits per heavy atom. The van der Waals surface area contributed by atoms with Gasteiger partial charge in [0.15, 0.2) is 5.65 Å². The number of nitrogens with zero attached hydrogens (tertiary/aromatic N) is 4. The van der Waals surface area contributed by atoms with E-state index >= 15 is 0 Å². The van der Waals surface area contributed by atoms with Crippen molar-refractivity contribution in [1.29, 1.82) is 0 Å². The van der Waals surface area contributed by atoms with Crippen LogP contribution in [0.2, 0.25) is 5.15 Å². The van der Waals surface area contributed by atoms with Crippen molar-refractivity contribution in [2.45, 2.75) is 62.6 Å². The molecular formula is C33H35ClF3N5O4. The summed E-state index contributed by atoms with van der Waals surface area (Å²) in [6, 6.07) is 16.8. The Morgan fingerprint density at radius 3 is 2.48 bits per heavy atom. The first-order valence-electron chi connectivity index (χ1n) is 15.3. The molecule has 2 saturated heterocycles. The lowest BCUT2D eigenvalue weighted by Crippen LogP contribution is -2.50. The van der Waals surface area contributed by atoms with Gasteiger partial charge in [-0.3, -0.25) is 18.7 Å². The van der Waals surface area contributed by atoms with Gasteiger partial charge < -0.3 is 20.1 Å². The van der Waals surface area contributed by atoms with E-state index in [1.165, 1.54) is 40.1 Å². The highest BCUT2D eigenvalue weighted by atomic mass is 35.5. The van der Waals surface area contributed by atoms with Crippen LogP contribution in [-0.2, 0) is 16.1 Å². The SMILES string of the molecule is C[C@@H]1CN[C@@H](c2ccc(-n3c(Cl)cc4c(=O)n(CC5(O)CCN(C(=O)C[C@H](c6ccccc6)C(F)(F)F)CC5)cnc43)cc2)CO1. The number of hydrogen-bond donors (Lipinski definition) is 2. The maximum absolute atomic E-state index is 13.8. The fourth-order valence-corrected chi connectivity index (χ4v) is 6.55. The van der Waals surface area contributed by atoms with Crippen molar-refractivity contribution >= 4 is 28.5 Å². The van der Waals surface area contributed by atoms with Crippen LogP contribution in [0.5, 0.6) is 0 Å². The minimum atomic E-state index is -4.58. The molecule has 0 aliphatic carbocycles. The van der Waals surface area contributed by atoms with E-state index in [1.807, 2.05) is 31.2 Å². The van der Waals surface area contributed by atoms with Crippen LogP contribution in [0.25, 0.3) is 16.7 Å². The van der Waals surface area contributed by atoms with E-state index in [9.17, 15) is 27.9 Å². The Kier molecular flexibility index (Phi) is 8.99. The second-order valence-corrected chi connectivity index (χ2v) is 12.6. The third kappa shape index (κ3) is 6.71. The van der Waals surface area contributed by atoms with Gasteiger partial charge >= 0.3 is 6.18 Å². The van der Waals surface area contributed by atoms with Crippen molar-refractivity contribution in [1.82, 2.24) is 24.3 Å². The number of benzene rings is 2. The molecular weight excluding hydrogens is 623 g/mol. The van der Waals surface area contributed by atoms with Crippen molar-refractivity contribution in [2.75, 3.05) is 26.2 Å². The fraction of sp³-hybridized carbons (Fsp3) is 0.424. The highest BCUT2D eigenvalue weighted by molar-refractivity contribution is 6.31. The van der Waals surface area contributed by atoms with Gasteiger partial charge in [-0.1, -0.05) is 54.1 Å². The Labute approximate surface area is 268 Å². The smallest absolute Gasteiger partial charge is 0.388 e. The minimum absolute atomic E-state index is 0.0339. The minimum Gasteiger partial charge on any atom is -0.388 e. The normalized spacial score (nSPS) is 21.0. The molecule has 2 aliphatic heterocycles. The van der Waals surface area contributed by atoms with Crippen molar-refractivity contribution in [3.8, 4) is 5.69 Å². The van der Waals surface area contributed by atoms with Crippen LogP contribution in [0.1, 0.15) is 49.3 Å². The van der Waals surface area contributed by atoms with Crippen molar-refractivity contribution in [2.24, 2.45) is 0 Å². The first-order chi connectivity index (χ1) is 21.9. The van der Waals surface area contributed by atoms with Gasteiger partial charge in [-0.25, -0.2) is 4.98 Å². The van der Waals surface area contributed by atoms with E-state index in [4.69, 9.17) is 16.3 Å². The van der Waals surface area contributed by atoms with Crippen LogP contribution in [0, 0.1) is 0 Å². The number of carbonyl (C=O) groups is 1. The van der Waals surface area contributed by atoms with Gasteiger partial charge in [-0.2, -0.15) is 13.2 Å².